The third-order valence-corrected chi connectivity index (χ3v) is 6.00. The van der Waals surface area contributed by atoms with Gasteiger partial charge < -0.3 is 25.5 Å². The molecule has 0 fully saturated rings. The molecule has 1 unspecified atom stereocenters. The molecule has 4 N–H and O–H groups in total. The number of ether oxygens (including phenoxy) is 2. The summed E-state index contributed by atoms with van der Waals surface area (Å²) in [6.07, 6.45) is 0.863. The maximum absolute atomic E-state index is 12.6. The minimum absolute atomic E-state index is 0.106. The normalized spacial score (nSPS) is 13.3. The van der Waals surface area contributed by atoms with Crippen LogP contribution in [0.4, 0.5) is 0 Å². The number of nitrogens with two attached hydrogens (primary N) is 2. The molecule has 0 bridgehead atoms. The van der Waals surface area contributed by atoms with Crippen LogP contribution in [-0.2, 0) is 27.1 Å². The Morgan fingerprint density at radius 2 is 1.70 bits per heavy atom. The first kappa shape index (κ1) is 21.3. The maximum Gasteiger partial charge on any atom is 0.182 e. The van der Waals surface area contributed by atoms with Crippen molar-refractivity contribution in [2.45, 2.75) is 25.6 Å². The van der Waals surface area contributed by atoms with Crippen LogP contribution in [0.3, 0.4) is 0 Å². The van der Waals surface area contributed by atoms with Crippen molar-refractivity contribution in [1.82, 2.24) is 0 Å². The zero-order chi connectivity index (χ0) is 19.5. The molecule has 1 atom stereocenters. The average molecular weight is 390 g/mol. The van der Waals surface area contributed by atoms with Crippen molar-refractivity contribution in [1.29, 1.82) is 0 Å². The van der Waals surface area contributed by atoms with Gasteiger partial charge in [-0.25, -0.2) is 0 Å². The number of benzene rings is 2. The van der Waals surface area contributed by atoms with Gasteiger partial charge in [0.25, 0.3) is 0 Å². The van der Waals surface area contributed by atoms with Gasteiger partial charge in [-0.15, -0.1) is 0 Å². The van der Waals surface area contributed by atoms with Crippen LogP contribution in [-0.4, -0.2) is 31.3 Å². The van der Waals surface area contributed by atoms with Crippen molar-refractivity contribution >= 4 is 13.2 Å². The lowest BCUT2D eigenvalue weighted by atomic mass is 10.1. The highest BCUT2D eigenvalue weighted by Gasteiger charge is 2.22. The van der Waals surface area contributed by atoms with E-state index in [1.807, 2.05) is 42.5 Å². The summed E-state index contributed by atoms with van der Waals surface area (Å²) in [6, 6.07) is 17.6. The van der Waals surface area contributed by atoms with Gasteiger partial charge in [0, 0.05) is 19.2 Å². The van der Waals surface area contributed by atoms with E-state index in [4.69, 9.17) is 20.9 Å². The molecule has 0 amide bonds. The van der Waals surface area contributed by atoms with Crippen molar-refractivity contribution in [2.24, 2.45) is 11.5 Å². The highest BCUT2D eigenvalue weighted by molar-refractivity contribution is 7.78. The van der Waals surface area contributed by atoms with Crippen LogP contribution in [0.15, 0.2) is 54.6 Å². The molecule has 0 aliphatic carbocycles. The van der Waals surface area contributed by atoms with Crippen LogP contribution in [0.25, 0.3) is 0 Å². The number of hydrogen-bond donors (Lipinski definition) is 2. The molecule has 2 rings (SSSR count). The highest BCUT2D eigenvalue weighted by Crippen LogP contribution is 2.42. The standard InChI is InChI=1S/C20H27N2O4P/c21-20(22)13-17-7-9-19(10-8-17)26-16-27(24,15-23)12-4-11-25-14-18-5-2-1-3-6-18/h1-3,5-10,15,20H,4,11-14,16,21-22H2. The first-order valence-electron chi connectivity index (χ1n) is 8.89. The molecule has 2 aromatic rings. The lowest BCUT2D eigenvalue weighted by molar-refractivity contribution is 0.122. The Kier molecular flexibility index (Phi) is 8.69. The summed E-state index contributed by atoms with van der Waals surface area (Å²) < 4.78 is 23.7. The van der Waals surface area contributed by atoms with E-state index in [9.17, 15) is 9.36 Å². The highest BCUT2D eigenvalue weighted by atomic mass is 31.2. The molecular weight excluding hydrogens is 363 g/mol. The van der Waals surface area contributed by atoms with Crippen LogP contribution in [0.1, 0.15) is 17.5 Å². The zero-order valence-corrected chi connectivity index (χ0v) is 16.2. The van der Waals surface area contributed by atoms with Crippen LogP contribution in [0.2, 0.25) is 0 Å². The molecule has 0 radical (unpaired) electrons. The Labute approximate surface area is 160 Å². The molecule has 146 valence electrons. The first-order valence-corrected chi connectivity index (χ1v) is 11.0. The molecule has 0 aliphatic heterocycles. The van der Waals surface area contributed by atoms with Crippen LogP contribution in [0.5, 0.6) is 5.75 Å². The quantitative estimate of drug-likeness (QED) is 0.250. The fraction of sp³-hybridized carbons (Fsp3) is 0.350. The summed E-state index contributed by atoms with van der Waals surface area (Å²) in [4.78, 5) is 11.3. The molecule has 0 saturated heterocycles. The second-order valence-corrected chi connectivity index (χ2v) is 9.28. The van der Waals surface area contributed by atoms with E-state index in [0.717, 1.165) is 11.1 Å². The summed E-state index contributed by atoms with van der Waals surface area (Å²) >= 11 is 0. The van der Waals surface area contributed by atoms with Gasteiger partial charge in [0.05, 0.1) is 12.8 Å². The third-order valence-electron chi connectivity index (χ3n) is 3.97. The van der Waals surface area contributed by atoms with Gasteiger partial charge in [0.2, 0.25) is 0 Å². The van der Waals surface area contributed by atoms with E-state index in [-0.39, 0.29) is 12.5 Å². The summed E-state index contributed by atoms with van der Waals surface area (Å²) in [7, 11) is -3.04. The molecule has 0 heterocycles. The molecule has 2 aromatic carbocycles. The number of carbonyl (C=O) groups is 1. The van der Waals surface area contributed by atoms with Gasteiger partial charge in [-0.2, -0.15) is 0 Å². The molecule has 7 heteroatoms. The first-order chi connectivity index (χ1) is 13.0. The number of rotatable bonds is 12. The van der Waals surface area contributed by atoms with E-state index < -0.39 is 13.3 Å². The SMILES string of the molecule is NC(N)Cc1ccc(OCP(=O)(C=O)CCCOCc2ccccc2)cc1. The Bertz CT molecular complexity index is 735. The van der Waals surface area contributed by atoms with Crippen molar-refractivity contribution < 1.29 is 18.8 Å². The monoisotopic (exact) mass is 390 g/mol. The van der Waals surface area contributed by atoms with E-state index in [1.54, 1.807) is 12.1 Å². The van der Waals surface area contributed by atoms with Crippen molar-refractivity contribution in [3.8, 4) is 5.75 Å². The lowest BCUT2D eigenvalue weighted by Gasteiger charge is -2.14. The minimum Gasteiger partial charge on any atom is -0.485 e. The zero-order valence-electron chi connectivity index (χ0n) is 15.3. The number of hydrogen-bond acceptors (Lipinski definition) is 6. The van der Waals surface area contributed by atoms with E-state index in [1.165, 1.54) is 0 Å². The Morgan fingerprint density at radius 1 is 1.00 bits per heavy atom. The molecule has 6 nitrogen and oxygen atoms in total. The van der Waals surface area contributed by atoms with Gasteiger partial charge in [-0.1, -0.05) is 42.5 Å². The largest absolute Gasteiger partial charge is 0.485 e. The van der Waals surface area contributed by atoms with E-state index >= 15 is 0 Å². The molecule has 27 heavy (non-hydrogen) atoms. The van der Waals surface area contributed by atoms with Crippen LogP contribution in [0, 0.1) is 0 Å². The van der Waals surface area contributed by atoms with Crippen LogP contribution < -0.4 is 16.2 Å². The average Bonchev–Trinajstić information content (AvgIpc) is 2.67. The van der Waals surface area contributed by atoms with Gasteiger partial charge >= 0.3 is 0 Å². The van der Waals surface area contributed by atoms with Crippen molar-refractivity contribution in [3.63, 3.8) is 0 Å². The molecule has 0 saturated carbocycles. The van der Waals surface area contributed by atoms with Gasteiger partial charge in [-0.3, -0.25) is 4.79 Å². The van der Waals surface area contributed by atoms with Gasteiger partial charge in [-0.05, 0) is 29.7 Å². The van der Waals surface area contributed by atoms with Crippen LogP contribution >= 0.6 is 7.14 Å². The molecule has 0 aliphatic rings. The molecule has 0 spiro atoms. The predicted octanol–water partition coefficient (Wildman–Crippen LogP) is 2.97. The van der Waals surface area contributed by atoms with Crippen molar-refractivity contribution in [2.75, 3.05) is 19.1 Å². The van der Waals surface area contributed by atoms with Gasteiger partial charge in [0.15, 0.2) is 13.2 Å². The van der Waals surface area contributed by atoms with Crippen molar-refractivity contribution in [3.05, 3.63) is 65.7 Å². The minimum atomic E-state index is -3.04. The topological polar surface area (TPSA) is 105 Å². The summed E-state index contributed by atoms with van der Waals surface area (Å²) in [5, 5.41) is 0. The predicted molar refractivity (Wildman–Crippen MR) is 108 cm³/mol. The fourth-order valence-electron chi connectivity index (χ4n) is 2.52. The summed E-state index contributed by atoms with van der Waals surface area (Å²) in [6.45, 7) is 0.947. The number of carbonyl (C=O) groups excluding carboxylic acids is 1. The summed E-state index contributed by atoms with van der Waals surface area (Å²) in [5.41, 5.74) is 13.2. The second-order valence-electron chi connectivity index (χ2n) is 6.46. The third kappa shape index (κ3) is 8.06. The van der Waals surface area contributed by atoms with E-state index in [2.05, 4.69) is 0 Å². The smallest absolute Gasteiger partial charge is 0.182 e. The summed E-state index contributed by atoms with van der Waals surface area (Å²) in [5.74, 6) is 0.562. The maximum atomic E-state index is 12.6. The second kappa shape index (κ2) is 11.0. The Hall–Kier alpha value is -1.98. The molecular formula is C20H27N2O4P. The molecule has 0 aromatic heterocycles. The fourth-order valence-corrected chi connectivity index (χ4v) is 3.85. The Morgan fingerprint density at radius 3 is 2.33 bits per heavy atom. The van der Waals surface area contributed by atoms with E-state index in [0.29, 0.717) is 37.8 Å². The Balaban J connectivity index is 1.72. The van der Waals surface area contributed by atoms with Gasteiger partial charge in [0.1, 0.15) is 12.1 Å². The lowest BCUT2D eigenvalue weighted by Crippen LogP contribution is -2.32.